The minimum absolute atomic E-state index is 0.172. The number of fused-ring (bicyclic) bond motifs is 3. The Morgan fingerprint density at radius 2 is 0.644 bits per heavy atom. The largest absolute Gasteiger partial charge is 0.311 e. The molecule has 1 aliphatic rings. The van der Waals surface area contributed by atoms with Gasteiger partial charge in [-0.05, 0) is 123 Å². The summed E-state index contributed by atoms with van der Waals surface area (Å²) in [6.07, 6.45) is 0. The van der Waals surface area contributed by atoms with Crippen molar-refractivity contribution in [3.8, 4) is 44.5 Å². The van der Waals surface area contributed by atoms with Crippen molar-refractivity contribution < 1.29 is 0 Å². The number of rotatable bonds is 9. The summed E-state index contributed by atoms with van der Waals surface area (Å²) in [6.45, 7) is 4.73. The van der Waals surface area contributed by atoms with Crippen molar-refractivity contribution in [1.29, 1.82) is 0 Å². The highest BCUT2D eigenvalue weighted by Crippen LogP contribution is 2.53. The van der Waals surface area contributed by atoms with Crippen LogP contribution in [0, 0.1) is 0 Å². The monoisotopic (exact) mass is 756 g/mol. The summed E-state index contributed by atoms with van der Waals surface area (Å²) >= 11 is 0. The summed E-state index contributed by atoms with van der Waals surface area (Å²) < 4.78 is 0. The van der Waals surface area contributed by atoms with Crippen LogP contribution in [0.2, 0.25) is 0 Å². The standard InChI is InChI=1S/C57H44N2/c1-57(2)54-26-16-15-25-51(54)53-39-52(45-31-37-48(38-32-45)58(46-21-11-5-12-22-46)47-23-13-6-14-24-47)56(40-55(53)57)59(49-33-27-43(28-34-49)41-17-7-3-8-18-41)50-35-29-44(30-36-50)42-19-9-4-10-20-42/h3-40H,1-2H3. The fourth-order valence-electron chi connectivity index (χ4n) is 8.84. The molecule has 2 heteroatoms. The highest BCUT2D eigenvalue weighted by molar-refractivity contribution is 5.95. The molecule has 2 nitrogen and oxygen atoms in total. The van der Waals surface area contributed by atoms with Crippen molar-refractivity contribution >= 4 is 34.1 Å². The molecule has 0 N–H and O–H groups in total. The van der Waals surface area contributed by atoms with Gasteiger partial charge < -0.3 is 9.80 Å². The third-order valence-electron chi connectivity index (χ3n) is 11.9. The van der Waals surface area contributed by atoms with E-state index in [9.17, 15) is 0 Å². The van der Waals surface area contributed by atoms with Crippen LogP contribution >= 0.6 is 0 Å². The second-order valence-corrected chi connectivity index (χ2v) is 15.8. The lowest BCUT2D eigenvalue weighted by atomic mass is 9.81. The lowest BCUT2D eigenvalue weighted by molar-refractivity contribution is 0.660. The summed E-state index contributed by atoms with van der Waals surface area (Å²) in [4.78, 5) is 4.77. The van der Waals surface area contributed by atoms with Gasteiger partial charge in [0.1, 0.15) is 0 Å². The molecule has 0 bridgehead atoms. The molecule has 59 heavy (non-hydrogen) atoms. The highest BCUT2D eigenvalue weighted by Gasteiger charge is 2.37. The summed E-state index contributed by atoms with van der Waals surface area (Å²) in [7, 11) is 0. The Hall–Kier alpha value is -7.42. The minimum Gasteiger partial charge on any atom is -0.311 e. The first-order chi connectivity index (χ1) is 29.0. The second-order valence-electron chi connectivity index (χ2n) is 15.8. The topological polar surface area (TPSA) is 6.48 Å². The number of nitrogens with zero attached hydrogens (tertiary/aromatic N) is 2. The zero-order valence-electron chi connectivity index (χ0n) is 33.3. The third-order valence-corrected chi connectivity index (χ3v) is 11.9. The van der Waals surface area contributed by atoms with Gasteiger partial charge in [0.05, 0.1) is 5.69 Å². The first-order valence-corrected chi connectivity index (χ1v) is 20.4. The maximum atomic E-state index is 2.47. The SMILES string of the molecule is CC1(C)c2ccccc2-c2cc(-c3ccc(N(c4ccccc4)c4ccccc4)cc3)c(N(c3ccc(-c4ccccc4)cc3)c3ccc(-c4ccccc4)cc3)cc21. The molecular weight excluding hydrogens is 713 g/mol. The first kappa shape index (κ1) is 36.0. The van der Waals surface area contributed by atoms with Gasteiger partial charge in [0.25, 0.3) is 0 Å². The van der Waals surface area contributed by atoms with Gasteiger partial charge in [0, 0.05) is 39.4 Å². The van der Waals surface area contributed by atoms with Crippen molar-refractivity contribution in [3.63, 3.8) is 0 Å². The fourth-order valence-corrected chi connectivity index (χ4v) is 8.84. The van der Waals surface area contributed by atoms with Crippen molar-refractivity contribution in [2.45, 2.75) is 19.3 Å². The first-order valence-electron chi connectivity index (χ1n) is 20.4. The maximum Gasteiger partial charge on any atom is 0.0543 e. The van der Waals surface area contributed by atoms with Crippen LogP contribution in [0.5, 0.6) is 0 Å². The Morgan fingerprint density at radius 1 is 0.271 bits per heavy atom. The molecule has 0 spiro atoms. The van der Waals surface area contributed by atoms with Crippen LogP contribution in [0.25, 0.3) is 44.5 Å². The Kier molecular flexibility index (Phi) is 9.24. The van der Waals surface area contributed by atoms with Gasteiger partial charge in [0.2, 0.25) is 0 Å². The minimum atomic E-state index is -0.172. The summed E-state index contributed by atoms with van der Waals surface area (Å²) in [5, 5.41) is 0. The second kappa shape index (κ2) is 15.2. The van der Waals surface area contributed by atoms with Crippen LogP contribution in [-0.2, 0) is 5.41 Å². The van der Waals surface area contributed by atoms with E-state index in [-0.39, 0.29) is 5.41 Å². The van der Waals surface area contributed by atoms with E-state index in [0.29, 0.717) is 0 Å². The van der Waals surface area contributed by atoms with Crippen molar-refractivity contribution in [2.75, 3.05) is 9.80 Å². The molecule has 282 valence electrons. The van der Waals surface area contributed by atoms with E-state index in [4.69, 9.17) is 0 Å². The van der Waals surface area contributed by atoms with Crippen molar-refractivity contribution in [2.24, 2.45) is 0 Å². The molecule has 9 aromatic carbocycles. The van der Waals surface area contributed by atoms with Crippen LogP contribution in [0.3, 0.4) is 0 Å². The molecule has 0 saturated carbocycles. The summed E-state index contributed by atoms with van der Waals surface area (Å²) in [5.74, 6) is 0. The molecule has 9 aromatic rings. The Bertz CT molecular complexity index is 2730. The Morgan fingerprint density at radius 3 is 1.14 bits per heavy atom. The number of benzene rings is 9. The molecule has 0 fully saturated rings. The lowest BCUT2D eigenvalue weighted by Crippen LogP contribution is -2.17. The van der Waals surface area contributed by atoms with Crippen LogP contribution in [0.1, 0.15) is 25.0 Å². The van der Waals surface area contributed by atoms with E-state index < -0.39 is 0 Å². The summed E-state index contributed by atoms with van der Waals surface area (Å²) in [6, 6.07) is 83.5. The molecular formula is C57H44N2. The number of hydrogen-bond acceptors (Lipinski definition) is 2. The third kappa shape index (κ3) is 6.69. The summed E-state index contributed by atoms with van der Waals surface area (Å²) in [5.41, 5.74) is 18.9. The van der Waals surface area contributed by atoms with E-state index in [2.05, 4.69) is 254 Å². The predicted octanol–water partition coefficient (Wildman–Crippen LogP) is 15.9. The highest BCUT2D eigenvalue weighted by atomic mass is 15.1. The van der Waals surface area contributed by atoms with Crippen LogP contribution in [0.4, 0.5) is 34.1 Å². The van der Waals surface area contributed by atoms with Crippen LogP contribution < -0.4 is 9.80 Å². The molecule has 0 atom stereocenters. The van der Waals surface area contributed by atoms with Gasteiger partial charge in [-0.1, -0.05) is 172 Å². The fraction of sp³-hybridized carbons (Fsp3) is 0.0526. The lowest BCUT2D eigenvalue weighted by Gasteiger charge is -2.31. The van der Waals surface area contributed by atoms with Gasteiger partial charge in [-0.15, -0.1) is 0 Å². The normalized spacial score (nSPS) is 12.4. The van der Waals surface area contributed by atoms with Crippen LogP contribution in [0.15, 0.2) is 231 Å². The van der Waals surface area contributed by atoms with E-state index in [1.807, 2.05) is 0 Å². The molecule has 0 unspecified atom stereocenters. The van der Waals surface area contributed by atoms with Gasteiger partial charge in [-0.2, -0.15) is 0 Å². The number of hydrogen-bond donors (Lipinski definition) is 0. The Balaban J connectivity index is 1.17. The van der Waals surface area contributed by atoms with Gasteiger partial charge in [0.15, 0.2) is 0 Å². The smallest absolute Gasteiger partial charge is 0.0543 e. The molecule has 10 rings (SSSR count). The molecule has 0 amide bonds. The molecule has 1 aliphatic carbocycles. The Labute approximate surface area is 347 Å². The van der Waals surface area contributed by atoms with Crippen LogP contribution in [-0.4, -0.2) is 0 Å². The number of para-hydroxylation sites is 2. The van der Waals surface area contributed by atoms with Crippen molar-refractivity contribution in [3.05, 3.63) is 242 Å². The average molecular weight is 757 g/mol. The zero-order valence-corrected chi connectivity index (χ0v) is 33.3. The molecule has 0 saturated heterocycles. The number of anilines is 6. The quantitative estimate of drug-likeness (QED) is 0.145. The van der Waals surface area contributed by atoms with Gasteiger partial charge >= 0.3 is 0 Å². The maximum absolute atomic E-state index is 2.47. The van der Waals surface area contributed by atoms with Gasteiger partial charge in [-0.3, -0.25) is 0 Å². The van der Waals surface area contributed by atoms with E-state index >= 15 is 0 Å². The molecule has 0 aromatic heterocycles. The van der Waals surface area contributed by atoms with E-state index in [1.165, 1.54) is 50.1 Å². The predicted molar refractivity (Wildman–Crippen MR) is 250 cm³/mol. The van der Waals surface area contributed by atoms with E-state index in [1.54, 1.807) is 0 Å². The molecule has 0 aliphatic heterocycles. The van der Waals surface area contributed by atoms with Crippen molar-refractivity contribution in [1.82, 2.24) is 0 Å². The zero-order chi connectivity index (χ0) is 39.8. The average Bonchev–Trinajstić information content (AvgIpc) is 3.53. The van der Waals surface area contributed by atoms with Gasteiger partial charge in [-0.25, -0.2) is 0 Å². The molecule has 0 heterocycles. The molecule has 0 radical (unpaired) electrons. The van der Waals surface area contributed by atoms with E-state index in [0.717, 1.165) is 39.7 Å².